The van der Waals surface area contributed by atoms with Gasteiger partial charge >= 0.3 is 7.12 Å². The molecule has 0 aliphatic carbocycles. The lowest BCUT2D eigenvalue weighted by Crippen LogP contribution is -2.36. The lowest BCUT2D eigenvalue weighted by molar-refractivity contribution is 0.425. The van der Waals surface area contributed by atoms with Gasteiger partial charge in [0.1, 0.15) is 5.75 Å². The van der Waals surface area contributed by atoms with E-state index in [9.17, 15) is 10.0 Å². The number of benzene rings is 1. The van der Waals surface area contributed by atoms with Crippen molar-refractivity contribution in [3.8, 4) is 5.75 Å². The molecule has 1 aromatic rings. The highest BCUT2D eigenvalue weighted by molar-refractivity contribution is 6.70. The summed E-state index contributed by atoms with van der Waals surface area (Å²) in [4.78, 5) is 0. The van der Waals surface area contributed by atoms with E-state index in [2.05, 4.69) is 61.2 Å². The Kier molecular flexibility index (Phi) is 5.27. The quantitative estimate of drug-likeness (QED) is 0.841. The van der Waals surface area contributed by atoms with E-state index in [0.717, 1.165) is 16.9 Å². The van der Waals surface area contributed by atoms with E-state index in [0.29, 0.717) is 5.46 Å². The number of hydrogen-bond acceptors (Lipinski definition) is 3. The molecule has 0 aromatic heterocycles. The molecule has 0 radical (unpaired) electrons. The zero-order valence-electron chi connectivity index (χ0n) is 15.5. The molecule has 0 atom stereocenters. The van der Waals surface area contributed by atoms with Crippen molar-refractivity contribution in [3.05, 3.63) is 23.3 Å². The molecule has 0 aliphatic heterocycles. The summed E-state index contributed by atoms with van der Waals surface area (Å²) < 4.78 is 6.43. The summed E-state index contributed by atoms with van der Waals surface area (Å²) in [5, 5.41) is 19.3. The molecule has 0 amide bonds. The minimum atomic E-state index is -1.79. The van der Waals surface area contributed by atoms with Gasteiger partial charge in [0.15, 0.2) is 0 Å². The van der Waals surface area contributed by atoms with Crippen molar-refractivity contribution in [2.75, 3.05) is 0 Å². The molecule has 0 unspecified atom stereocenters. The van der Waals surface area contributed by atoms with E-state index in [1.54, 1.807) is 0 Å². The van der Waals surface area contributed by atoms with Gasteiger partial charge in [0.2, 0.25) is 8.32 Å². The van der Waals surface area contributed by atoms with Crippen LogP contribution in [0.25, 0.3) is 0 Å². The highest BCUT2D eigenvalue weighted by Gasteiger charge is 2.32. The third-order valence-electron chi connectivity index (χ3n) is 3.43. The second-order valence-corrected chi connectivity index (χ2v) is 13.5. The van der Waals surface area contributed by atoms with Gasteiger partial charge in [-0.25, -0.2) is 0 Å². The van der Waals surface area contributed by atoms with Gasteiger partial charge in [0.25, 0.3) is 0 Å². The van der Waals surface area contributed by atoms with Crippen molar-refractivity contribution in [2.45, 2.75) is 72.0 Å². The van der Waals surface area contributed by atoms with Crippen LogP contribution in [0.15, 0.2) is 12.1 Å². The van der Waals surface area contributed by atoms with Gasteiger partial charge in [-0.2, -0.15) is 0 Å². The normalized spacial score (nSPS) is 13.2. The second kappa shape index (κ2) is 6.02. The maximum absolute atomic E-state index is 9.65. The van der Waals surface area contributed by atoms with Crippen LogP contribution in [0.5, 0.6) is 5.75 Å². The summed E-state index contributed by atoms with van der Waals surface area (Å²) in [5.41, 5.74) is 2.31. The van der Waals surface area contributed by atoms with Crippen LogP contribution in [0.1, 0.15) is 52.7 Å². The summed E-state index contributed by atoms with van der Waals surface area (Å²) in [5.74, 6) is 0.920. The average Bonchev–Trinajstić information content (AvgIpc) is 2.23. The topological polar surface area (TPSA) is 49.7 Å². The predicted octanol–water partition coefficient (Wildman–Crippen LogP) is 3.18. The summed E-state index contributed by atoms with van der Waals surface area (Å²) in [6.07, 6.45) is 0. The van der Waals surface area contributed by atoms with Gasteiger partial charge in [-0.1, -0.05) is 53.7 Å². The molecular weight excluding hydrogens is 291 g/mol. The molecule has 3 nitrogen and oxygen atoms in total. The summed E-state index contributed by atoms with van der Waals surface area (Å²) in [6.45, 7) is 19.2. The minimum Gasteiger partial charge on any atom is -0.544 e. The maximum Gasteiger partial charge on any atom is 0.488 e. The van der Waals surface area contributed by atoms with Gasteiger partial charge in [-0.15, -0.1) is 0 Å². The van der Waals surface area contributed by atoms with E-state index in [1.807, 2.05) is 12.1 Å². The summed E-state index contributed by atoms with van der Waals surface area (Å²) >= 11 is 0. The fraction of sp³-hybridized carbons (Fsp3) is 0.647. The number of rotatable bonds is 3. The lowest BCUT2D eigenvalue weighted by atomic mass is 9.71. The second-order valence-electron chi connectivity index (χ2n) is 9.03. The van der Waals surface area contributed by atoms with E-state index in [1.165, 1.54) is 0 Å². The van der Waals surface area contributed by atoms with Crippen molar-refractivity contribution in [1.29, 1.82) is 0 Å². The number of hydrogen-bond donors (Lipinski definition) is 2. The van der Waals surface area contributed by atoms with Crippen LogP contribution in [0.4, 0.5) is 0 Å². The zero-order valence-corrected chi connectivity index (χ0v) is 16.5. The predicted molar refractivity (Wildman–Crippen MR) is 97.6 cm³/mol. The zero-order chi connectivity index (χ0) is 17.5. The van der Waals surface area contributed by atoms with E-state index in [-0.39, 0.29) is 10.8 Å². The van der Waals surface area contributed by atoms with Gasteiger partial charge < -0.3 is 14.5 Å². The Balaban J connectivity index is 3.74. The first-order valence-corrected chi connectivity index (χ1v) is 11.3. The third kappa shape index (κ3) is 4.86. The molecule has 1 rings (SSSR count). The average molecular weight is 322 g/mol. The van der Waals surface area contributed by atoms with Gasteiger partial charge in [0, 0.05) is 0 Å². The van der Waals surface area contributed by atoms with Crippen LogP contribution >= 0.6 is 0 Å². The fourth-order valence-corrected chi connectivity index (χ4v) is 3.16. The smallest absolute Gasteiger partial charge is 0.488 e. The summed E-state index contributed by atoms with van der Waals surface area (Å²) in [7, 11) is -3.26. The first kappa shape index (κ1) is 19.3. The molecule has 0 bridgehead atoms. The van der Waals surface area contributed by atoms with Crippen molar-refractivity contribution in [1.82, 2.24) is 0 Å². The first-order chi connectivity index (χ1) is 9.63. The Hall–Kier alpha value is -0.778. The van der Waals surface area contributed by atoms with Gasteiger partial charge in [-0.3, -0.25) is 0 Å². The van der Waals surface area contributed by atoms with Crippen LogP contribution in [0, 0.1) is 0 Å². The van der Waals surface area contributed by atoms with Gasteiger partial charge in [-0.05, 0) is 47.1 Å². The molecule has 0 heterocycles. The van der Waals surface area contributed by atoms with Crippen molar-refractivity contribution in [3.63, 3.8) is 0 Å². The highest BCUT2D eigenvalue weighted by Crippen LogP contribution is 2.40. The minimum absolute atomic E-state index is 0.139. The van der Waals surface area contributed by atoms with Crippen molar-refractivity contribution >= 4 is 20.9 Å². The largest absolute Gasteiger partial charge is 0.544 e. The third-order valence-corrected chi connectivity index (χ3v) is 4.25. The Bertz CT molecular complexity index is 499. The SMILES string of the molecule is CC(C)(C)c1cc(B(O)O)cc(C(C)(C)C)c1O[Si](C)(C)C. The monoisotopic (exact) mass is 322 g/mol. The molecule has 0 saturated carbocycles. The molecule has 5 heteroatoms. The Morgan fingerprint density at radius 3 is 1.45 bits per heavy atom. The van der Waals surface area contributed by atoms with Crippen LogP contribution in [0.3, 0.4) is 0 Å². The van der Waals surface area contributed by atoms with Crippen LogP contribution in [-0.2, 0) is 10.8 Å². The van der Waals surface area contributed by atoms with Crippen molar-refractivity contribution in [2.24, 2.45) is 0 Å². The first-order valence-electron chi connectivity index (χ1n) is 7.87. The Morgan fingerprint density at radius 1 is 0.864 bits per heavy atom. The molecule has 2 N–H and O–H groups in total. The van der Waals surface area contributed by atoms with Crippen LogP contribution in [-0.4, -0.2) is 25.5 Å². The standard InChI is InChI=1S/C17H31BO3Si/c1-16(2,3)13-10-12(18(19)20)11-14(17(4,5)6)15(13)21-22(7,8)9/h10-11,19-20H,1-9H3. The molecule has 1 aromatic carbocycles. The van der Waals surface area contributed by atoms with E-state index >= 15 is 0 Å². The molecular formula is C17H31BO3Si. The molecule has 0 saturated heterocycles. The Labute approximate surface area is 137 Å². The molecule has 22 heavy (non-hydrogen) atoms. The molecule has 0 aliphatic rings. The Morgan fingerprint density at radius 2 is 1.23 bits per heavy atom. The summed E-state index contributed by atoms with van der Waals surface area (Å²) in [6, 6.07) is 3.74. The lowest BCUT2D eigenvalue weighted by Gasteiger charge is -2.34. The van der Waals surface area contributed by atoms with E-state index in [4.69, 9.17) is 4.43 Å². The fourth-order valence-electron chi connectivity index (χ4n) is 2.33. The molecule has 124 valence electrons. The molecule has 0 fully saturated rings. The van der Waals surface area contributed by atoms with Crippen LogP contribution in [0.2, 0.25) is 19.6 Å². The maximum atomic E-state index is 9.65. The van der Waals surface area contributed by atoms with Crippen molar-refractivity contribution < 1.29 is 14.5 Å². The highest BCUT2D eigenvalue weighted by atomic mass is 28.4. The van der Waals surface area contributed by atoms with E-state index < -0.39 is 15.4 Å². The molecule has 0 spiro atoms. The van der Waals surface area contributed by atoms with Crippen LogP contribution < -0.4 is 9.89 Å². The van der Waals surface area contributed by atoms with Gasteiger partial charge in [0.05, 0.1) is 0 Å².